The zero-order chi connectivity index (χ0) is 16.7. The third-order valence-corrected chi connectivity index (χ3v) is 3.47. The van der Waals surface area contributed by atoms with Crippen molar-refractivity contribution in [1.29, 1.82) is 0 Å². The van der Waals surface area contributed by atoms with Gasteiger partial charge in [-0.1, -0.05) is 36.4 Å². The van der Waals surface area contributed by atoms with Crippen molar-refractivity contribution in [3.05, 3.63) is 66.0 Å². The number of benzene rings is 2. The molecule has 1 amide bonds. The van der Waals surface area contributed by atoms with Gasteiger partial charge in [-0.3, -0.25) is 4.79 Å². The van der Waals surface area contributed by atoms with Gasteiger partial charge in [-0.2, -0.15) is 0 Å². The van der Waals surface area contributed by atoms with E-state index in [0.717, 1.165) is 5.56 Å². The number of rotatable bonds is 7. The third kappa shape index (κ3) is 5.47. The molecule has 0 aromatic heterocycles. The smallest absolute Gasteiger partial charge is 0.225 e. The van der Waals surface area contributed by atoms with Crippen LogP contribution in [0.2, 0.25) is 0 Å². The number of hydrogen-bond acceptors (Lipinski definition) is 3. The van der Waals surface area contributed by atoms with Crippen LogP contribution in [0, 0.1) is 5.82 Å². The van der Waals surface area contributed by atoms with Gasteiger partial charge in [0.05, 0.1) is 12.6 Å². The second-order valence-corrected chi connectivity index (χ2v) is 5.48. The van der Waals surface area contributed by atoms with E-state index in [1.807, 2.05) is 37.3 Å². The lowest BCUT2D eigenvalue weighted by Crippen LogP contribution is -2.35. The maximum absolute atomic E-state index is 13.1. The van der Waals surface area contributed by atoms with Gasteiger partial charge >= 0.3 is 0 Å². The minimum atomic E-state index is -0.390. The Kier molecular flexibility index (Phi) is 6.26. The van der Waals surface area contributed by atoms with Gasteiger partial charge in [0.1, 0.15) is 5.82 Å². The summed E-state index contributed by atoms with van der Waals surface area (Å²) in [6, 6.07) is 15.0. The Morgan fingerprint density at radius 2 is 1.91 bits per heavy atom. The minimum absolute atomic E-state index is 0.0557. The number of hydrogen-bond donors (Lipinski definition) is 3. The molecule has 2 rings (SSSR count). The number of aliphatic hydroxyl groups excluding tert-OH is 1. The Morgan fingerprint density at radius 3 is 2.57 bits per heavy atom. The van der Waals surface area contributed by atoms with E-state index < -0.39 is 5.82 Å². The topological polar surface area (TPSA) is 61.4 Å². The average molecular weight is 316 g/mol. The van der Waals surface area contributed by atoms with Crippen molar-refractivity contribution in [2.45, 2.75) is 25.4 Å². The minimum Gasteiger partial charge on any atom is -0.394 e. The summed E-state index contributed by atoms with van der Waals surface area (Å²) in [6.07, 6.45) is 0.222. The lowest BCUT2D eigenvalue weighted by atomic mass is 10.1. The number of carbonyl (C=O) groups excluding carboxylic acids is 1. The van der Waals surface area contributed by atoms with Gasteiger partial charge in [0.15, 0.2) is 0 Å². The molecule has 5 heteroatoms. The van der Waals surface area contributed by atoms with Gasteiger partial charge in [0.25, 0.3) is 0 Å². The summed E-state index contributed by atoms with van der Waals surface area (Å²) in [5.74, 6) is -0.598. The lowest BCUT2D eigenvalue weighted by molar-refractivity contribution is -0.116. The Bertz CT molecular complexity index is 634. The molecule has 2 unspecified atom stereocenters. The first-order valence-corrected chi connectivity index (χ1v) is 7.55. The van der Waals surface area contributed by atoms with Gasteiger partial charge in [0, 0.05) is 18.2 Å². The molecule has 2 atom stereocenters. The van der Waals surface area contributed by atoms with Crippen LogP contribution < -0.4 is 10.6 Å². The quantitative estimate of drug-likeness (QED) is 0.736. The largest absolute Gasteiger partial charge is 0.394 e. The third-order valence-electron chi connectivity index (χ3n) is 3.47. The number of carbonyl (C=O) groups is 1. The van der Waals surface area contributed by atoms with Crippen LogP contribution in [0.5, 0.6) is 0 Å². The second kappa shape index (κ2) is 8.41. The molecule has 0 radical (unpaired) electrons. The lowest BCUT2D eigenvalue weighted by Gasteiger charge is -2.22. The normalized spacial score (nSPS) is 13.3. The first kappa shape index (κ1) is 17.1. The predicted molar refractivity (Wildman–Crippen MR) is 88.5 cm³/mol. The molecule has 0 aliphatic rings. The summed E-state index contributed by atoms with van der Waals surface area (Å²) in [5, 5.41) is 15.4. The van der Waals surface area contributed by atoms with E-state index in [9.17, 15) is 14.3 Å². The molecule has 122 valence electrons. The molecule has 0 spiro atoms. The standard InChI is InChI=1S/C18H21FN2O2/c1-13(20-17(12-22)14-6-3-2-4-7-14)10-18(23)21-16-9-5-8-15(19)11-16/h2-9,11,13,17,20,22H,10,12H2,1H3,(H,21,23). The van der Waals surface area contributed by atoms with Crippen molar-refractivity contribution in [2.75, 3.05) is 11.9 Å². The van der Waals surface area contributed by atoms with Crippen LogP contribution >= 0.6 is 0 Å². The fourth-order valence-corrected chi connectivity index (χ4v) is 2.40. The van der Waals surface area contributed by atoms with Crippen molar-refractivity contribution in [3.8, 4) is 0 Å². The van der Waals surface area contributed by atoms with Crippen LogP contribution in [-0.4, -0.2) is 23.7 Å². The predicted octanol–water partition coefficient (Wildman–Crippen LogP) is 2.87. The van der Waals surface area contributed by atoms with Crippen molar-refractivity contribution >= 4 is 11.6 Å². The Morgan fingerprint density at radius 1 is 1.17 bits per heavy atom. The molecule has 2 aromatic carbocycles. The Balaban J connectivity index is 1.88. The molecular weight excluding hydrogens is 295 g/mol. The van der Waals surface area contributed by atoms with Crippen LogP contribution in [0.1, 0.15) is 24.9 Å². The number of anilines is 1. The highest BCUT2D eigenvalue weighted by Gasteiger charge is 2.15. The van der Waals surface area contributed by atoms with E-state index in [0.29, 0.717) is 5.69 Å². The van der Waals surface area contributed by atoms with Gasteiger partial charge < -0.3 is 15.7 Å². The maximum Gasteiger partial charge on any atom is 0.225 e. The van der Waals surface area contributed by atoms with Gasteiger partial charge in [-0.15, -0.1) is 0 Å². The molecule has 4 nitrogen and oxygen atoms in total. The van der Waals surface area contributed by atoms with E-state index in [-0.39, 0.29) is 31.0 Å². The fraction of sp³-hybridized carbons (Fsp3) is 0.278. The first-order valence-electron chi connectivity index (χ1n) is 7.55. The van der Waals surface area contributed by atoms with Gasteiger partial charge in [0.2, 0.25) is 5.91 Å². The number of halogens is 1. The zero-order valence-corrected chi connectivity index (χ0v) is 13.0. The highest BCUT2D eigenvalue weighted by molar-refractivity contribution is 5.91. The summed E-state index contributed by atoms with van der Waals surface area (Å²) < 4.78 is 13.1. The monoisotopic (exact) mass is 316 g/mol. The number of amides is 1. The van der Waals surface area contributed by atoms with E-state index >= 15 is 0 Å². The van der Waals surface area contributed by atoms with E-state index in [2.05, 4.69) is 10.6 Å². The summed E-state index contributed by atoms with van der Waals surface area (Å²) in [4.78, 5) is 12.0. The average Bonchev–Trinajstić information content (AvgIpc) is 2.53. The van der Waals surface area contributed by atoms with Gasteiger partial charge in [-0.25, -0.2) is 4.39 Å². The van der Waals surface area contributed by atoms with Crippen molar-refractivity contribution < 1.29 is 14.3 Å². The van der Waals surface area contributed by atoms with Crippen molar-refractivity contribution in [2.24, 2.45) is 0 Å². The maximum atomic E-state index is 13.1. The SMILES string of the molecule is CC(CC(=O)Nc1cccc(F)c1)NC(CO)c1ccccc1. The Labute approximate surface area is 135 Å². The van der Waals surface area contributed by atoms with Crippen molar-refractivity contribution in [1.82, 2.24) is 5.32 Å². The summed E-state index contributed by atoms with van der Waals surface area (Å²) in [6.45, 7) is 1.82. The molecule has 23 heavy (non-hydrogen) atoms. The molecule has 0 saturated carbocycles. The molecular formula is C18H21FN2O2. The van der Waals surface area contributed by atoms with Crippen LogP contribution in [-0.2, 0) is 4.79 Å². The molecule has 0 aliphatic carbocycles. The van der Waals surface area contributed by atoms with Crippen LogP contribution in [0.4, 0.5) is 10.1 Å². The zero-order valence-electron chi connectivity index (χ0n) is 13.0. The molecule has 0 bridgehead atoms. The molecule has 0 fully saturated rings. The van der Waals surface area contributed by atoms with Gasteiger partial charge in [-0.05, 0) is 30.7 Å². The molecule has 0 heterocycles. The fourth-order valence-electron chi connectivity index (χ4n) is 2.40. The Hall–Kier alpha value is -2.24. The summed E-state index contributed by atoms with van der Waals surface area (Å²) in [7, 11) is 0. The van der Waals surface area contributed by atoms with Crippen LogP contribution in [0.25, 0.3) is 0 Å². The summed E-state index contributed by atoms with van der Waals surface area (Å²) in [5.41, 5.74) is 1.40. The second-order valence-electron chi connectivity index (χ2n) is 5.48. The first-order chi connectivity index (χ1) is 11.1. The van der Waals surface area contributed by atoms with E-state index in [1.165, 1.54) is 12.1 Å². The molecule has 0 aliphatic heterocycles. The van der Waals surface area contributed by atoms with E-state index in [4.69, 9.17) is 0 Å². The van der Waals surface area contributed by atoms with Crippen molar-refractivity contribution in [3.63, 3.8) is 0 Å². The van der Waals surface area contributed by atoms with Crippen LogP contribution in [0.15, 0.2) is 54.6 Å². The highest BCUT2D eigenvalue weighted by Crippen LogP contribution is 2.14. The summed E-state index contributed by atoms with van der Waals surface area (Å²) >= 11 is 0. The molecule has 3 N–H and O–H groups in total. The van der Waals surface area contributed by atoms with E-state index in [1.54, 1.807) is 12.1 Å². The number of aliphatic hydroxyl groups is 1. The molecule has 0 saturated heterocycles. The highest BCUT2D eigenvalue weighted by atomic mass is 19.1. The molecule has 2 aromatic rings. The number of nitrogens with one attached hydrogen (secondary N) is 2. The van der Waals surface area contributed by atoms with Crippen LogP contribution in [0.3, 0.4) is 0 Å².